The molecule has 0 aliphatic carbocycles. The molecule has 0 saturated carbocycles. The van der Waals surface area contributed by atoms with Crippen molar-refractivity contribution in [1.29, 1.82) is 0 Å². The van der Waals surface area contributed by atoms with Crippen molar-refractivity contribution in [3.05, 3.63) is 0 Å². The molecule has 0 spiro atoms. The molecule has 0 aromatic heterocycles. The van der Waals surface area contributed by atoms with E-state index in [1.165, 1.54) is 0 Å². The fourth-order valence-corrected chi connectivity index (χ4v) is 10.9. The number of hydrogen-bond acceptors (Lipinski definition) is 2. The molecule has 0 saturated heterocycles. The second-order valence-electron chi connectivity index (χ2n) is 1.33. The second-order valence-corrected chi connectivity index (χ2v) is 38.5. The Kier molecular flexibility index (Phi) is 7.18. The Labute approximate surface area is 80.4 Å². The van der Waals surface area contributed by atoms with E-state index in [0.29, 0.717) is 0 Å². The zero-order valence-corrected chi connectivity index (χ0v) is 12.7. The van der Waals surface area contributed by atoms with E-state index in [4.69, 9.17) is 6.15 Å². The van der Waals surface area contributed by atoms with Gasteiger partial charge in [-0.05, 0) is 0 Å². The maximum absolute atomic E-state index is 5.43. The van der Waals surface area contributed by atoms with E-state index in [-0.39, 0.29) is 0 Å². The molecule has 0 aromatic rings. The SMILES string of the molecule is CC[O][Sn]([I])([I])[O]CC. The summed E-state index contributed by atoms with van der Waals surface area (Å²) in [6, 6.07) is 0. The summed E-state index contributed by atoms with van der Waals surface area (Å²) in [6.45, 7) is 5.56. The van der Waals surface area contributed by atoms with Crippen LogP contribution in [0, 0.1) is 0 Å². The van der Waals surface area contributed by atoms with Gasteiger partial charge in [-0.25, -0.2) is 0 Å². The first-order valence-electron chi connectivity index (χ1n) is 2.78. The van der Waals surface area contributed by atoms with Gasteiger partial charge in [0.2, 0.25) is 0 Å². The third kappa shape index (κ3) is 6.57. The molecule has 0 unspecified atom stereocenters. The average Bonchev–Trinajstić information content (AvgIpc) is 1.64. The van der Waals surface area contributed by atoms with E-state index in [9.17, 15) is 0 Å². The van der Waals surface area contributed by atoms with Crippen molar-refractivity contribution < 1.29 is 6.15 Å². The summed E-state index contributed by atoms with van der Waals surface area (Å²) in [5.41, 5.74) is 0. The van der Waals surface area contributed by atoms with Gasteiger partial charge in [-0.3, -0.25) is 0 Å². The monoisotopic (exact) mass is 464 g/mol. The summed E-state index contributed by atoms with van der Waals surface area (Å²) >= 11 is 2.22. The first-order chi connectivity index (χ1) is 4.12. The minimum atomic E-state index is -2.43. The minimum absolute atomic E-state index is 0.780. The Morgan fingerprint density at radius 2 is 1.44 bits per heavy atom. The van der Waals surface area contributed by atoms with Crippen molar-refractivity contribution in [2.45, 2.75) is 13.8 Å². The molecule has 0 fully saturated rings. The van der Waals surface area contributed by atoms with E-state index in [1.807, 2.05) is 13.8 Å². The Balaban J connectivity index is 3.43. The van der Waals surface area contributed by atoms with Gasteiger partial charge >= 0.3 is 81.7 Å². The van der Waals surface area contributed by atoms with Gasteiger partial charge < -0.3 is 0 Å². The molecule has 0 aliphatic rings. The van der Waals surface area contributed by atoms with Crippen LogP contribution in [0.1, 0.15) is 13.8 Å². The van der Waals surface area contributed by atoms with Crippen LogP contribution in [-0.2, 0) is 6.15 Å². The Bertz CT molecular complexity index is 71.0. The van der Waals surface area contributed by atoms with E-state index in [2.05, 4.69) is 37.3 Å². The molecule has 0 rings (SSSR count). The fourth-order valence-electron chi connectivity index (χ4n) is 0.378. The summed E-state index contributed by atoms with van der Waals surface area (Å²) in [5.74, 6) is 0. The van der Waals surface area contributed by atoms with E-state index in [1.54, 1.807) is 0 Å². The van der Waals surface area contributed by atoms with Crippen molar-refractivity contribution in [3.63, 3.8) is 0 Å². The van der Waals surface area contributed by atoms with Gasteiger partial charge in [0.05, 0.1) is 0 Å². The van der Waals surface area contributed by atoms with Crippen LogP contribution in [0.2, 0.25) is 0 Å². The van der Waals surface area contributed by atoms with Crippen LogP contribution in [-0.4, -0.2) is 24.5 Å². The van der Waals surface area contributed by atoms with Gasteiger partial charge in [0.25, 0.3) is 0 Å². The molecule has 56 valence electrons. The van der Waals surface area contributed by atoms with Gasteiger partial charge in [-0.2, -0.15) is 0 Å². The Hall–Kier alpha value is 2.18. The zero-order chi connectivity index (χ0) is 7.33. The molecule has 0 radical (unpaired) electrons. The molecular formula is C4H10I2O2Sn. The first kappa shape index (κ1) is 11.2. The van der Waals surface area contributed by atoms with Crippen molar-refractivity contribution in [3.8, 4) is 0 Å². The quantitative estimate of drug-likeness (QED) is 0.472. The first-order valence-corrected chi connectivity index (χ1v) is 21.7. The molecule has 0 aromatic carbocycles. The molecule has 0 atom stereocenters. The van der Waals surface area contributed by atoms with Crippen LogP contribution >= 0.6 is 37.3 Å². The van der Waals surface area contributed by atoms with Crippen molar-refractivity contribution in [2.75, 3.05) is 13.2 Å². The maximum atomic E-state index is 5.43. The molecule has 9 heavy (non-hydrogen) atoms. The summed E-state index contributed by atoms with van der Waals surface area (Å²) < 4.78 is 10.9. The fraction of sp³-hybridized carbons (Fsp3) is 1.00. The molecule has 0 aliphatic heterocycles. The predicted molar refractivity (Wildman–Crippen MR) is 57.0 cm³/mol. The molecule has 2 nitrogen and oxygen atoms in total. The molecule has 0 heterocycles. The van der Waals surface area contributed by atoms with E-state index >= 15 is 0 Å². The number of halogens is 2. The zero-order valence-electron chi connectivity index (χ0n) is 5.49. The Morgan fingerprint density at radius 1 is 1.11 bits per heavy atom. The van der Waals surface area contributed by atoms with Crippen LogP contribution < -0.4 is 0 Å². The molecule has 0 bridgehead atoms. The summed E-state index contributed by atoms with van der Waals surface area (Å²) in [4.78, 5) is 0. The van der Waals surface area contributed by atoms with Crippen LogP contribution in [0.3, 0.4) is 0 Å². The third-order valence-electron chi connectivity index (χ3n) is 0.625. The van der Waals surface area contributed by atoms with Crippen LogP contribution in [0.5, 0.6) is 0 Å². The van der Waals surface area contributed by atoms with Crippen molar-refractivity contribution in [1.82, 2.24) is 0 Å². The third-order valence-corrected chi connectivity index (χ3v) is 12.5. The summed E-state index contributed by atoms with van der Waals surface area (Å²) in [7, 11) is 0. The van der Waals surface area contributed by atoms with Crippen LogP contribution in [0.4, 0.5) is 0 Å². The molecule has 0 N–H and O–H groups in total. The van der Waals surface area contributed by atoms with E-state index < -0.39 is 11.3 Å². The number of hydrogen-bond donors (Lipinski definition) is 0. The van der Waals surface area contributed by atoms with Gasteiger partial charge in [0, 0.05) is 0 Å². The summed E-state index contributed by atoms with van der Waals surface area (Å²) in [6.07, 6.45) is 0. The molecule has 0 amide bonds. The summed E-state index contributed by atoms with van der Waals surface area (Å²) in [5, 5.41) is 0. The van der Waals surface area contributed by atoms with Crippen molar-refractivity contribution >= 4 is 48.5 Å². The van der Waals surface area contributed by atoms with Crippen molar-refractivity contribution in [2.24, 2.45) is 0 Å². The second kappa shape index (κ2) is 5.78. The van der Waals surface area contributed by atoms with Gasteiger partial charge in [-0.1, -0.05) is 0 Å². The van der Waals surface area contributed by atoms with Gasteiger partial charge in [0.15, 0.2) is 0 Å². The van der Waals surface area contributed by atoms with Gasteiger partial charge in [-0.15, -0.1) is 0 Å². The van der Waals surface area contributed by atoms with Crippen LogP contribution in [0.25, 0.3) is 0 Å². The normalized spacial score (nSPS) is 12.0. The topological polar surface area (TPSA) is 18.5 Å². The predicted octanol–water partition coefficient (Wildman–Crippen LogP) is 2.37. The van der Waals surface area contributed by atoms with E-state index in [0.717, 1.165) is 13.2 Å². The Morgan fingerprint density at radius 3 is 1.67 bits per heavy atom. The molecular weight excluding hydrogens is 453 g/mol. The van der Waals surface area contributed by atoms with Crippen LogP contribution in [0.15, 0.2) is 0 Å². The standard InChI is InChI=1S/2C2H5O.2HI.Sn/c2*1-2-3;;;/h2*2H2,1H3;2*1H;/q2*-1;;;+4/p-2. The number of rotatable bonds is 4. The molecule has 5 heteroatoms. The average molecular weight is 463 g/mol. The van der Waals surface area contributed by atoms with Gasteiger partial charge in [0.1, 0.15) is 0 Å².